The summed E-state index contributed by atoms with van der Waals surface area (Å²) >= 11 is 0. The third-order valence-corrected chi connectivity index (χ3v) is 4.22. The fourth-order valence-corrected chi connectivity index (χ4v) is 2.41. The molecule has 0 aliphatic carbocycles. The highest BCUT2D eigenvalue weighted by molar-refractivity contribution is 5.85. The number of H-pyrrole nitrogens is 1. The highest BCUT2D eigenvalue weighted by Crippen LogP contribution is 2.17. The molecule has 0 aliphatic rings. The lowest BCUT2D eigenvalue weighted by Gasteiger charge is -2.33. The number of likely N-dealkylation sites (N-methyl/N-ethyl adjacent to an activating group) is 2. The number of nitrogens with one attached hydrogen (secondary N) is 2. The Morgan fingerprint density at radius 1 is 1.32 bits per heavy atom. The lowest BCUT2D eigenvalue weighted by molar-refractivity contribution is -0.130. The van der Waals surface area contributed by atoms with Crippen molar-refractivity contribution in [2.75, 3.05) is 14.1 Å². The Morgan fingerprint density at radius 3 is 2.64 bits per heavy atom. The maximum atomic E-state index is 12.3. The summed E-state index contributed by atoms with van der Waals surface area (Å²) in [6.07, 6.45) is 0. The molecule has 2 N–H and O–H groups in total. The molecule has 0 bridgehead atoms. The summed E-state index contributed by atoms with van der Waals surface area (Å²) in [6.45, 7) is 6.07. The Morgan fingerprint density at radius 2 is 2.00 bits per heavy atom. The number of aromatic amines is 1. The van der Waals surface area contributed by atoms with Gasteiger partial charge in [-0.1, -0.05) is 12.1 Å². The van der Waals surface area contributed by atoms with Gasteiger partial charge in [0.2, 0.25) is 5.91 Å². The van der Waals surface area contributed by atoms with E-state index in [2.05, 4.69) is 10.3 Å². The van der Waals surface area contributed by atoms with Crippen LogP contribution in [0.4, 0.5) is 0 Å². The molecule has 2 rings (SSSR count). The molecule has 0 atom stereocenters. The molecule has 1 heterocycles. The zero-order valence-electron chi connectivity index (χ0n) is 13.8. The molecule has 22 heavy (non-hydrogen) atoms. The van der Waals surface area contributed by atoms with E-state index in [9.17, 15) is 9.59 Å². The molecular weight excluding hydrogens is 278 g/mol. The number of nitrogens with zero attached hydrogens (tertiary/aromatic N) is 1. The Bertz CT molecular complexity index is 762. The Balaban J connectivity index is 2.36. The van der Waals surface area contributed by atoms with Crippen LogP contribution in [0.2, 0.25) is 0 Å². The van der Waals surface area contributed by atoms with Crippen LogP contribution in [0.3, 0.4) is 0 Å². The summed E-state index contributed by atoms with van der Waals surface area (Å²) in [5.74, 6) is -0.0807. The summed E-state index contributed by atoms with van der Waals surface area (Å²) in [5.41, 5.74) is 1.79. The molecule has 118 valence electrons. The SMILES string of the molecule is CNC(=O)C(C)(C)N(C)Cc1cc2ccc(C)cc2[nH]c1=O. The first-order valence-corrected chi connectivity index (χ1v) is 7.31. The Hall–Kier alpha value is -2.14. The first-order valence-electron chi connectivity index (χ1n) is 7.31. The van der Waals surface area contributed by atoms with Gasteiger partial charge in [-0.05, 0) is 50.9 Å². The van der Waals surface area contributed by atoms with E-state index in [0.717, 1.165) is 16.5 Å². The molecule has 5 heteroatoms. The van der Waals surface area contributed by atoms with Gasteiger partial charge in [0, 0.05) is 24.7 Å². The number of rotatable bonds is 4. The van der Waals surface area contributed by atoms with Crippen molar-refractivity contribution in [3.8, 4) is 0 Å². The number of benzene rings is 1. The number of aromatic nitrogens is 1. The maximum absolute atomic E-state index is 12.3. The molecule has 1 aromatic heterocycles. The number of hydrogen-bond acceptors (Lipinski definition) is 3. The first kappa shape index (κ1) is 16.2. The molecule has 0 fully saturated rings. The zero-order valence-corrected chi connectivity index (χ0v) is 13.8. The van der Waals surface area contributed by atoms with E-state index in [1.54, 1.807) is 7.05 Å². The highest BCUT2D eigenvalue weighted by Gasteiger charge is 2.31. The van der Waals surface area contributed by atoms with E-state index in [1.807, 2.05) is 57.0 Å². The van der Waals surface area contributed by atoms with Crippen molar-refractivity contribution in [3.05, 3.63) is 45.7 Å². The number of fused-ring (bicyclic) bond motifs is 1. The second-order valence-electron chi connectivity index (χ2n) is 6.21. The van der Waals surface area contributed by atoms with Crippen LogP contribution in [0, 0.1) is 6.92 Å². The summed E-state index contributed by atoms with van der Waals surface area (Å²) in [6, 6.07) is 7.86. The molecule has 1 amide bonds. The molecular formula is C17H23N3O2. The maximum Gasteiger partial charge on any atom is 0.252 e. The average Bonchev–Trinajstić information content (AvgIpc) is 2.47. The van der Waals surface area contributed by atoms with Crippen molar-refractivity contribution in [1.29, 1.82) is 0 Å². The van der Waals surface area contributed by atoms with E-state index < -0.39 is 5.54 Å². The van der Waals surface area contributed by atoms with E-state index >= 15 is 0 Å². The lowest BCUT2D eigenvalue weighted by atomic mass is 10.0. The third-order valence-electron chi connectivity index (χ3n) is 4.22. The first-order chi connectivity index (χ1) is 10.3. The van der Waals surface area contributed by atoms with Gasteiger partial charge in [-0.15, -0.1) is 0 Å². The summed E-state index contributed by atoms with van der Waals surface area (Å²) in [7, 11) is 3.46. The van der Waals surface area contributed by atoms with Crippen molar-refractivity contribution < 1.29 is 4.79 Å². The van der Waals surface area contributed by atoms with Crippen molar-refractivity contribution in [1.82, 2.24) is 15.2 Å². The minimum Gasteiger partial charge on any atom is -0.358 e. The largest absolute Gasteiger partial charge is 0.358 e. The molecule has 1 aromatic carbocycles. The van der Waals surface area contributed by atoms with Crippen LogP contribution in [0.5, 0.6) is 0 Å². The fraction of sp³-hybridized carbons (Fsp3) is 0.412. The van der Waals surface area contributed by atoms with Gasteiger partial charge < -0.3 is 10.3 Å². The third kappa shape index (κ3) is 3.04. The number of carbonyl (C=O) groups is 1. The number of hydrogen-bond donors (Lipinski definition) is 2. The fourth-order valence-electron chi connectivity index (χ4n) is 2.41. The topological polar surface area (TPSA) is 65.2 Å². The lowest BCUT2D eigenvalue weighted by Crippen LogP contribution is -2.52. The standard InChI is InChI=1S/C17H23N3O2/c1-11-6-7-12-9-13(15(21)19-14(12)8-11)10-20(5)17(2,3)16(22)18-4/h6-9H,10H2,1-5H3,(H,18,22)(H,19,21). The van der Waals surface area contributed by atoms with Crippen LogP contribution in [0.1, 0.15) is 25.0 Å². The minimum atomic E-state index is -0.691. The normalized spacial score (nSPS) is 11.9. The molecule has 0 saturated carbocycles. The van der Waals surface area contributed by atoms with Crippen molar-refractivity contribution in [2.45, 2.75) is 32.9 Å². The van der Waals surface area contributed by atoms with Crippen LogP contribution in [0.25, 0.3) is 10.9 Å². The monoisotopic (exact) mass is 301 g/mol. The molecule has 0 saturated heterocycles. The number of aryl methyl sites for hydroxylation is 1. The summed E-state index contributed by atoms with van der Waals surface area (Å²) in [4.78, 5) is 29.0. The minimum absolute atomic E-state index is 0.0807. The van der Waals surface area contributed by atoms with Gasteiger partial charge in [0.25, 0.3) is 5.56 Å². The van der Waals surface area contributed by atoms with Gasteiger partial charge in [-0.3, -0.25) is 14.5 Å². The predicted octanol–water partition coefficient (Wildman–Crippen LogP) is 1.79. The highest BCUT2D eigenvalue weighted by atomic mass is 16.2. The van der Waals surface area contributed by atoms with Gasteiger partial charge in [0.1, 0.15) is 0 Å². The van der Waals surface area contributed by atoms with E-state index in [4.69, 9.17) is 0 Å². The predicted molar refractivity (Wildman–Crippen MR) is 88.9 cm³/mol. The van der Waals surface area contributed by atoms with Crippen LogP contribution < -0.4 is 10.9 Å². The van der Waals surface area contributed by atoms with Gasteiger partial charge in [-0.25, -0.2) is 0 Å². The zero-order chi connectivity index (χ0) is 16.5. The van der Waals surface area contributed by atoms with Crippen LogP contribution >= 0.6 is 0 Å². The number of pyridine rings is 1. The van der Waals surface area contributed by atoms with E-state index in [0.29, 0.717) is 12.1 Å². The molecule has 0 spiro atoms. The van der Waals surface area contributed by atoms with Gasteiger partial charge in [-0.2, -0.15) is 0 Å². The Labute approximate surface area is 130 Å². The molecule has 2 aromatic rings. The molecule has 5 nitrogen and oxygen atoms in total. The smallest absolute Gasteiger partial charge is 0.252 e. The summed E-state index contributed by atoms with van der Waals surface area (Å²) in [5, 5.41) is 3.65. The van der Waals surface area contributed by atoms with Gasteiger partial charge in [0.15, 0.2) is 0 Å². The van der Waals surface area contributed by atoms with E-state index in [-0.39, 0.29) is 11.5 Å². The van der Waals surface area contributed by atoms with Crippen molar-refractivity contribution in [3.63, 3.8) is 0 Å². The summed E-state index contributed by atoms with van der Waals surface area (Å²) < 4.78 is 0. The second kappa shape index (κ2) is 5.93. The number of carbonyl (C=O) groups excluding carboxylic acids is 1. The van der Waals surface area contributed by atoms with Crippen molar-refractivity contribution >= 4 is 16.8 Å². The van der Waals surface area contributed by atoms with Gasteiger partial charge in [0.05, 0.1) is 5.54 Å². The second-order valence-corrected chi connectivity index (χ2v) is 6.21. The van der Waals surface area contributed by atoms with Crippen LogP contribution in [-0.2, 0) is 11.3 Å². The molecule has 0 aliphatic heterocycles. The average molecular weight is 301 g/mol. The Kier molecular flexibility index (Phi) is 4.37. The number of amides is 1. The molecule has 0 unspecified atom stereocenters. The van der Waals surface area contributed by atoms with Crippen molar-refractivity contribution in [2.24, 2.45) is 0 Å². The quantitative estimate of drug-likeness (QED) is 0.905. The van der Waals surface area contributed by atoms with E-state index in [1.165, 1.54) is 0 Å². The molecule has 0 radical (unpaired) electrons. The van der Waals surface area contributed by atoms with Crippen LogP contribution in [0.15, 0.2) is 29.1 Å². The van der Waals surface area contributed by atoms with Gasteiger partial charge >= 0.3 is 0 Å². The van der Waals surface area contributed by atoms with Crippen LogP contribution in [-0.4, -0.2) is 35.4 Å².